The zero-order chi connectivity index (χ0) is 10.7. The Kier molecular flexibility index (Phi) is 4.00. The highest BCUT2D eigenvalue weighted by molar-refractivity contribution is 4.86. The summed E-state index contributed by atoms with van der Waals surface area (Å²) in [6.45, 7) is 5.75. The molecule has 0 aliphatic heterocycles. The van der Waals surface area contributed by atoms with E-state index in [9.17, 15) is 0 Å². The number of hydrogen-bond donors (Lipinski definition) is 2. The van der Waals surface area contributed by atoms with Gasteiger partial charge in [-0.05, 0) is 38.1 Å². The molecule has 0 amide bonds. The summed E-state index contributed by atoms with van der Waals surface area (Å²) in [5, 5.41) is 12.6. The number of rotatable bonds is 8. The minimum absolute atomic E-state index is 0.305. The maximum Gasteiger partial charge on any atom is 0.0558 e. The van der Waals surface area contributed by atoms with Gasteiger partial charge < -0.3 is 10.4 Å². The van der Waals surface area contributed by atoms with Gasteiger partial charge in [-0.25, -0.2) is 0 Å². The van der Waals surface area contributed by atoms with Gasteiger partial charge in [0.05, 0.1) is 6.61 Å². The van der Waals surface area contributed by atoms with Crippen molar-refractivity contribution in [3.63, 3.8) is 0 Å². The number of aliphatic hydroxyl groups excluding tert-OH is 1. The Morgan fingerprint density at radius 1 is 1.33 bits per heavy atom. The smallest absolute Gasteiger partial charge is 0.0558 e. The van der Waals surface area contributed by atoms with Gasteiger partial charge in [0.2, 0.25) is 0 Å². The molecule has 3 nitrogen and oxygen atoms in total. The zero-order valence-electron chi connectivity index (χ0n) is 9.78. The maximum atomic E-state index is 9.00. The average Bonchev–Trinajstić information content (AvgIpc) is 3.05. The van der Waals surface area contributed by atoms with Crippen LogP contribution in [-0.4, -0.2) is 48.3 Å². The van der Waals surface area contributed by atoms with Crippen molar-refractivity contribution in [2.75, 3.05) is 26.2 Å². The first kappa shape index (κ1) is 11.4. The van der Waals surface area contributed by atoms with Crippen LogP contribution in [0.15, 0.2) is 0 Å². The van der Waals surface area contributed by atoms with Gasteiger partial charge in [0.15, 0.2) is 0 Å². The molecule has 0 aromatic rings. The Hall–Kier alpha value is -0.120. The first-order valence-corrected chi connectivity index (χ1v) is 6.38. The van der Waals surface area contributed by atoms with Gasteiger partial charge in [-0.3, -0.25) is 4.90 Å². The molecule has 0 spiro atoms. The normalized spacial score (nSPS) is 23.4. The van der Waals surface area contributed by atoms with Gasteiger partial charge in [-0.2, -0.15) is 0 Å². The summed E-state index contributed by atoms with van der Waals surface area (Å²) in [5.41, 5.74) is 0. The van der Waals surface area contributed by atoms with Crippen molar-refractivity contribution in [3.05, 3.63) is 0 Å². The second kappa shape index (κ2) is 5.28. The monoisotopic (exact) mass is 212 g/mol. The maximum absolute atomic E-state index is 9.00. The summed E-state index contributed by atoms with van der Waals surface area (Å²) in [4.78, 5) is 2.46. The second-order valence-corrected chi connectivity index (χ2v) is 5.24. The number of aliphatic hydroxyl groups is 1. The summed E-state index contributed by atoms with van der Waals surface area (Å²) in [7, 11) is 0. The predicted octanol–water partition coefficient (Wildman–Crippen LogP) is 0.831. The zero-order valence-corrected chi connectivity index (χ0v) is 9.78. The predicted molar refractivity (Wildman–Crippen MR) is 61.9 cm³/mol. The molecule has 2 aliphatic rings. The Bertz CT molecular complexity index is 190. The Morgan fingerprint density at radius 2 is 2.07 bits per heavy atom. The van der Waals surface area contributed by atoms with E-state index >= 15 is 0 Å². The summed E-state index contributed by atoms with van der Waals surface area (Å²) >= 11 is 0. The van der Waals surface area contributed by atoms with E-state index in [1.54, 1.807) is 0 Å². The number of hydrogen-bond acceptors (Lipinski definition) is 3. The number of nitrogens with zero attached hydrogens (tertiary/aromatic N) is 1. The van der Waals surface area contributed by atoms with E-state index in [2.05, 4.69) is 17.1 Å². The van der Waals surface area contributed by atoms with Crippen LogP contribution in [0.25, 0.3) is 0 Å². The first-order chi connectivity index (χ1) is 7.29. The quantitative estimate of drug-likeness (QED) is 0.625. The minimum atomic E-state index is 0.305. The standard InChI is InChI=1S/C12H24N2O/c1-10(8-13-11-2-3-11)9-14(6-7-15)12-4-5-12/h10-13,15H,2-9H2,1H3. The van der Waals surface area contributed by atoms with Crippen LogP contribution in [0.2, 0.25) is 0 Å². The van der Waals surface area contributed by atoms with E-state index in [0.29, 0.717) is 12.5 Å². The van der Waals surface area contributed by atoms with Gasteiger partial charge >= 0.3 is 0 Å². The van der Waals surface area contributed by atoms with Crippen molar-refractivity contribution in [2.45, 2.75) is 44.7 Å². The van der Waals surface area contributed by atoms with E-state index in [1.165, 1.54) is 25.7 Å². The van der Waals surface area contributed by atoms with Gasteiger partial charge in [-0.15, -0.1) is 0 Å². The fourth-order valence-corrected chi connectivity index (χ4v) is 2.11. The molecule has 0 aromatic heterocycles. The summed E-state index contributed by atoms with van der Waals surface area (Å²) in [6.07, 6.45) is 5.41. The van der Waals surface area contributed by atoms with Crippen LogP contribution in [0.4, 0.5) is 0 Å². The van der Waals surface area contributed by atoms with Gasteiger partial charge in [0.25, 0.3) is 0 Å². The average molecular weight is 212 g/mol. The lowest BCUT2D eigenvalue weighted by molar-refractivity contribution is 0.170. The molecular weight excluding hydrogens is 188 g/mol. The SMILES string of the molecule is CC(CNC1CC1)CN(CCO)C1CC1. The molecule has 2 aliphatic carbocycles. The fourth-order valence-electron chi connectivity index (χ4n) is 2.11. The van der Waals surface area contributed by atoms with Crippen molar-refractivity contribution < 1.29 is 5.11 Å². The molecule has 15 heavy (non-hydrogen) atoms. The molecular formula is C12H24N2O. The van der Waals surface area contributed by atoms with Crippen molar-refractivity contribution in [1.82, 2.24) is 10.2 Å². The summed E-state index contributed by atoms with van der Waals surface area (Å²) in [5.74, 6) is 0.706. The van der Waals surface area contributed by atoms with E-state index in [0.717, 1.165) is 31.7 Å². The van der Waals surface area contributed by atoms with E-state index in [-0.39, 0.29) is 0 Å². The molecule has 0 saturated heterocycles. The summed E-state index contributed by atoms with van der Waals surface area (Å²) in [6, 6.07) is 1.60. The molecule has 0 heterocycles. The molecule has 0 bridgehead atoms. The minimum Gasteiger partial charge on any atom is -0.395 e. The molecule has 1 unspecified atom stereocenters. The molecule has 3 heteroatoms. The second-order valence-electron chi connectivity index (χ2n) is 5.24. The van der Waals surface area contributed by atoms with Crippen LogP contribution in [0.5, 0.6) is 0 Å². The Labute approximate surface area is 92.8 Å². The van der Waals surface area contributed by atoms with E-state index in [4.69, 9.17) is 5.11 Å². The third-order valence-corrected chi connectivity index (χ3v) is 3.33. The highest BCUT2D eigenvalue weighted by Crippen LogP contribution is 2.27. The van der Waals surface area contributed by atoms with Crippen LogP contribution in [0.1, 0.15) is 32.6 Å². The molecule has 88 valence electrons. The van der Waals surface area contributed by atoms with Crippen LogP contribution in [-0.2, 0) is 0 Å². The summed E-state index contributed by atoms with van der Waals surface area (Å²) < 4.78 is 0. The molecule has 2 rings (SSSR count). The molecule has 2 N–H and O–H groups in total. The Balaban J connectivity index is 1.62. The van der Waals surface area contributed by atoms with Crippen LogP contribution in [0.3, 0.4) is 0 Å². The molecule has 0 aromatic carbocycles. The fraction of sp³-hybridized carbons (Fsp3) is 1.00. The van der Waals surface area contributed by atoms with Crippen LogP contribution in [0, 0.1) is 5.92 Å². The molecule has 2 saturated carbocycles. The lowest BCUT2D eigenvalue weighted by Gasteiger charge is -2.25. The molecule has 1 atom stereocenters. The third kappa shape index (κ3) is 4.09. The Morgan fingerprint density at radius 3 is 2.60 bits per heavy atom. The van der Waals surface area contributed by atoms with Crippen molar-refractivity contribution in [2.24, 2.45) is 5.92 Å². The van der Waals surface area contributed by atoms with E-state index < -0.39 is 0 Å². The highest BCUT2D eigenvalue weighted by atomic mass is 16.3. The van der Waals surface area contributed by atoms with Crippen molar-refractivity contribution in [1.29, 1.82) is 0 Å². The topological polar surface area (TPSA) is 35.5 Å². The lowest BCUT2D eigenvalue weighted by atomic mass is 10.1. The van der Waals surface area contributed by atoms with Crippen LogP contribution < -0.4 is 5.32 Å². The number of nitrogens with one attached hydrogen (secondary N) is 1. The third-order valence-electron chi connectivity index (χ3n) is 3.33. The van der Waals surface area contributed by atoms with Crippen molar-refractivity contribution >= 4 is 0 Å². The lowest BCUT2D eigenvalue weighted by Crippen LogP contribution is -2.37. The largest absolute Gasteiger partial charge is 0.395 e. The van der Waals surface area contributed by atoms with Crippen LogP contribution >= 0.6 is 0 Å². The first-order valence-electron chi connectivity index (χ1n) is 6.38. The molecule has 2 fully saturated rings. The van der Waals surface area contributed by atoms with Crippen molar-refractivity contribution in [3.8, 4) is 0 Å². The van der Waals surface area contributed by atoms with E-state index in [1.807, 2.05) is 0 Å². The van der Waals surface area contributed by atoms with Gasteiger partial charge in [0.1, 0.15) is 0 Å². The van der Waals surface area contributed by atoms with Gasteiger partial charge in [-0.1, -0.05) is 6.92 Å². The highest BCUT2D eigenvalue weighted by Gasteiger charge is 2.29. The molecule has 0 radical (unpaired) electrons. The van der Waals surface area contributed by atoms with Gasteiger partial charge in [0, 0.05) is 25.2 Å².